The Balaban J connectivity index is 1.55. The molecule has 0 spiro atoms. The maximum absolute atomic E-state index is 12.5. The standard InChI is InChI=1S/C21H22Br2N2O3/c1-14-11-16(22)12-18(23)20(14)28-13-19(26)24-17-7-5-15(6-8-17)21(27)25-9-3-2-4-10-25/h5-8,11-12H,2-4,9-10,13H2,1H3,(H,24,26). The lowest BCUT2D eigenvalue weighted by molar-refractivity contribution is -0.118. The summed E-state index contributed by atoms with van der Waals surface area (Å²) in [5, 5.41) is 2.79. The highest BCUT2D eigenvalue weighted by Gasteiger charge is 2.18. The monoisotopic (exact) mass is 508 g/mol. The van der Waals surface area contributed by atoms with Crippen LogP contribution in [0, 0.1) is 6.92 Å². The van der Waals surface area contributed by atoms with E-state index in [1.54, 1.807) is 24.3 Å². The van der Waals surface area contributed by atoms with E-state index >= 15 is 0 Å². The number of carbonyl (C=O) groups is 2. The summed E-state index contributed by atoms with van der Waals surface area (Å²) in [6.45, 7) is 3.45. The van der Waals surface area contributed by atoms with Crippen LogP contribution in [0.3, 0.4) is 0 Å². The molecule has 7 heteroatoms. The highest BCUT2D eigenvalue weighted by molar-refractivity contribution is 9.11. The molecule has 1 aliphatic heterocycles. The number of ether oxygens (including phenoxy) is 1. The molecule has 1 N–H and O–H groups in total. The third-order valence-electron chi connectivity index (χ3n) is 4.60. The van der Waals surface area contributed by atoms with Crippen LogP contribution in [0.25, 0.3) is 0 Å². The number of rotatable bonds is 5. The van der Waals surface area contributed by atoms with Crippen LogP contribution in [0.2, 0.25) is 0 Å². The van der Waals surface area contributed by atoms with Crippen molar-refractivity contribution in [3.8, 4) is 5.75 Å². The molecule has 3 rings (SSSR count). The first kappa shape index (κ1) is 20.9. The van der Waals surface area contributed by atoms with Gasteiger partial charge in [-0.2, -0.15) is 0 Å². The Bertz CT molecular complexity index is 839. The fourth-order valence-corrected chi connectivity index (χ4v) is 4.74. The SMILES string of the molecule is Cc1cc(Br)cc(Br)c1OCC(=O)Nc1ccc(C(=O)N2CCCCC2)cc1. The van der Waals surface area contributed by atoms with Crippen molar-refractivity contribution in [1.29, 1.82) is 0 Å². The van der Waals surface area contributed by atoms with Gasteiger partial charge in [-0.1, -0.05) is 15.9 Å². The molecule has 148 valence electrons. The van der Waals surface area contributed by atoms with Crippen LogP contribution >= 0.6 is 31.9 Å². The summed E-state index contributed by atoms with van der Waals surface area (Å²) in [6, 6.07) is 10.8. The van der Waals surface area contributed by atoms with E-state index in [9.17, 15) is 9.59 Å². The Labute approximate surface area is 181 Å². The minimum absolute atomic E-state index is 0.0523. The highest BCUT2D eigenvalue weighted by atomic mass is 79.9. The number of likely N-dealkylation sites (tertiary alicyclic amines) is 1. The van der Waals surface area contributed by atoms with E-state index < -0.39 is 0 Å². The molecule has 0 aliphatic carbocycles. The summed E-state index contributed by atoms with van der Waals surface area (Å²) in [7, 11) is 0. The number of nitrogens with one attached hydrogen (secondary N) is 1. The first-order valence-electron chi connectivity index (χ1n) is 9.21. The Morgan fingerprint density at radius 1 is 1.07 bits per heavy atom. The average molecular weight is 510 g/mol. The molecule has 0 unspecified atom stereocenters. The molecule has 0 bridgehead atoms. The molecule has 5 nitrogen and oxygen atoms in total. The maximum atomic E-state index is 12.5. The quantitative estimate of drug-likeness (QED) is 0.605. The van der Waals surface area contributed by atoms with Gasteiger partial charge in [-0.15, -0.1) is 0 Å². The third kappa shape index (κ3) is 5.35. The molecule has 0 saturated carbocycles. The van der Waals surface area contributed by atoms with Crippen molar-refractivity contribution in [3.05, 3.63) is 56.5 Å². The van der Waals surface area contributed by atoms with Crippen LogP contribution < -0.4 is 10.1 Å². The summed E-state index contributed by atoms with van der Waals surface area (Å²) in [4.78, 5) is 26.6. The normalized spacial score (nSPS) is 13.9. The summed E-state index contributed by atoms with van der Waals surface area (Å²) in [6.07, 6.45) is 3.31. The Kier molecular flexibility index (Phi) is 7.13. The molecule has 1 aliphatic rings. The van der Waals surface area contributed by atoms with E-state index in [1.807, 2.05) is 24.0 Å². The lowest BCUT2D eigenvalue weighted by Gasteiger charge is -2.26. The van der Waals surface area contributed by atoms with Crippen molar-refractivity contribution in [2.45, 2.75) is 26.2 Å². The largest absolute Gasteiger partial charge is 0.482 e. The highest BCUT2D eigenvalue weighted by Crippen LogP contribution is 2.32. The Morgan fingerprint density at radius 3 is 2.39 bits per heavy atom. The molecular formula is C21H22Br2N2O3. The number of aryl methyl sites for hydroxylation is 1. The van der Waals surface area contributed by atoms with E-state index in [0.717, 1.165) is 40.4 Å². The van der Waals surface area contributed by atoms with Gasteiger partial charge in [-0.3, -0.25) is 9.59 Å². The third-order valence-corrected chi connectivity index (χ3v) is 5.65. The van der Waals surface area contributed by atoms with Crippen LogP contribution in [0.1, 0.15) is 35.2 Å². The zero-order valence-corrected chi connectivity index (χ0v) is 18.8. The van der Waals surface area contributed by atoms with E-state index in [-0.39, 0.29) is 18.4 Å². The van der Waals surface area contributed by atoms with Crippen molar-refractivity contribution >= 4 is 49.4 Å². The predicted molar refractivity (Wildman–Crippen MR) is 117 cm³/mol. The van der Waals surface area contributed by atoms with Gasteiger partial charge < -0.3 is 15.0 Å². The van der Waals surface area contributed by atoms with E-state index in [4.69, 9.17) is 4.74 Å². The summed E-state index contributed by atoms with van der Waals surface area (Å²) >= 11 is 6.87. The first-order valence-corrected chi connectivity index (χ1v) is 10.8. The molecule has 1 heterocycles. The number of anilines is 1. The minimum Gasteiger partial charge on any atom is -0.482 e. The van der Waals surface area contributed by atoms with Crippen LogP contribution in [0.15, 0.2) is 45.3 Å². The van der Waals surface area contributed by atoms with Gasteiger partial charge in [-0.05, 0) is 84.1 Å². The number of amides is 2. The Hall–Kier alpha value is -1.86. The average Bonchev–Trinajstić information content (AvgIpc) is 2.68. The van der Waals surface area contributed by atoms with Crippen LogP contribution in [-0.4, -0.2) is 36.4 Å². The van der Waals surface area contributed by atoms with Crippen molar-refractivity contribution in [2.24, 2.45) is 0 Å². The molecule has 0 radical (unpaired) electrons. The lowest BCUT2D eigenvalue weighted by atomic mass is 10.1. The minimum atomic E-state index is -0.260. The van der Waals surface area contributed by atoms with Gasteiger partial charge in [-0.25, -0.2) is 0 Å². The number of nitrogens with zero attached hydrogens (tertiary/aromatic N) is 1. The van der Waals surface area contributed by atoms with Gasteiger partial charge in [0.2, 0.25) is 0 Å². The van der Waals surface area contributed by atoms with Gasteiger partial charge >= 0.3 is 0 Å². The number of piperidine rings is 1. The zero-order valence-electron chi connectivity index (χ0n) is 15.6. The number of benzene rings is 2. The van der Waals surface area contributed by atoms with Crippen molar-refractivity contribution in [2.75, 3.05) is 25.0 Å². The lowest BCUT2D eigenvalue weighted by Crippen LogP contribution is -2.35. The second kappa shape index (κ2) is 9.56. The van der Waals surface area contributed by atoms with Crippen molar-refractivity contribution < 1.29 is 14.3 Å². The van der Waals surface area contributed by atoms with Crippen LogP contribution in [0.4, 0.5) is 5.69 Å². The molecule has 1 saturated heterocycles. The Morgan fingerprint density at radius 2 is 1.75 bits per heavy atom. The summed E-state index contributed by atoms with van der Waals surface area (Å²) < 4.78 is 7.38. The molecule has 0 atom stereocenters. The van der Waals surface area contributed by atoms with Crippen molar-refractivity contribution in [3.63, 3.8) is 0 Å². The second-order valence-electron chi connectivity index (χ2n) is 6.80. The van der Waals surface area contributed by atoms with Gasteiger partial charge in [0.25, 0.3) is 11.8 Å². The second-order valence-corrected chi connectivity index (χ2v) is 8.57. The fraction of sp³-hybridized carbons (Fsp3) is 0.333. The van der Waals surface area contributed by atoms with E-state index in [1.165, 1.54) is 6.42 Å². The van der Waals surface area contributed by atoms with Crippen LogP contribution in [-0.2, 0) is 4.79 Å². The molecule has 1 fully saturated rings. The molecule has 2 aromatic carbocycles. The summed E-state index contributed by atoms with van der Waals surface area (Å²) in [5.74, 6) is 0.432. The smallest absolute Gasteiger partial charge is 0.262 e. The topological polar surface area (TPSA) is 58.6 Å². The van der Waals surface area contributed by atoms with E-state index in [0.29, 0.717) is 17.0 Å². The molecule has 28 heavy (non-hydrogen) atoms. The van der Waals surface area contributed by atoms with Gasteiger partial charge in [0.05, 0.1) is 4.47 Å². The number of hydrogen-bond donors (Lipinski definition) is 1. The molecular weight excluding hydrogens is 488 g/mol. The number of hydrogen-bond acceptors (Lipinski definition) is 3. The zero-order chi connectivity index (χ0) is 20.1. The first-order chi connectivity index (χ1) is 13.4. The van der Waals surface area contributed by atoms with Gasteiger partial charge in [0.1, 0.15) is 5.75 Å². The van der Waals surface area contributed by atoms with Crippen molar-refractivity contribution in [1.82, 2.24) is 4.90 Å². The molecule has 2 amide bonds. The molecule has 0 aromatic heterocycles. The molecule has 2 aromatic rings. The predicted octanol–water partition coefficient (Wildman–Crippen LogP) is 5.16. The van der Waals surface area contributed by atoms with Gasteiger partial charge in [0.15, 0.2) is 6.61 Å². The van der Waals surface area contributed by atoms with E-state index in [2.05, 4.69) is 37.2 Å². The number of halogens is 2. The summed E-state index contributed by atoms with van der Waals surface area (Å²) in [5.41, 5.74) is 2.20. The van der Waals surface area contributed by atoms with Crippen LogP contribution in [0.5, 0.6) is 5.75 Å². The maximum Gasteiger partial charge on any atom is 0.262 e. The fourth-order valence-electron chi connectivity index (χ4n) is 3.18. The van der Waals surface area contributed by atoms with Gasteiger partial charge in [0, 0.05) is 28.8 Å². The number of carbonyl (C=O) groups excluding carboxylic acids is 2.